The molecule has 1 aromatic carbocycles. The van der Waals surface area contributed by atoms with Gasteiger partial charge < -0.3 is 20.3 Å². The molecule has 146 valence electrons. The molecule has 0 fully saturated rings. The van der Waals surface area contributed by atoms with E-state index in [1.165, 1.54) is 12.7 Å². The van der Waals surface area contributed by atoms with E-state index in [1.54, 1.807) is 36.2 Å². The normalized spacial score (nSPS) is 10.5. The zero-order valence-electron chi connectivity index (χ0n) is 16.3. The smallest absolute Gasteiger partial charge is 0.321 e. The van der Waals surface area contributed by atoms with Gasteiger partial charge >= 0.3 is 6.03 Å². The molecule has 8 heteroatoms. The minimum absolute atomic E-state index is 0.0189. The quantitative estimate of drug-likeness (QED) is 0.662. The molecule has 0 aliphatic carbocycles. The van der Waals surface area contributed by atoms with Gasteiger partial charge in [0.15, 0.2) is 0 Å². The van der Waals surface area contributed by atoms with Gasteiger partial charge in [-0.1, -0.05) is 6.07 Å². The Morgan fingerprint density at radius 1 is 1.22 bits per heavy atom. The molecule has 8 nitrogen and oxygen atoms in total. The van der Waals surface area contributed by atoms with Crippen LogP contribution in [0.25, 0.3) is 0 Å². The predicted molar refractivity (Wildman–Crippen MR) is 105 cm³/mol. The lowest BCUT2D eigenvalue weighted by Gasteiger charge is -2.18. The Labute approximate surface area is 159 Å². The van der Waals surface area contributed by atoms with Crippen LogP contribution >= 0.6 is 0 Å². The van der Waals surface area contributed by atoms with Crippen LogP contribution in [0.4, 0.5) is 16.2 Å². The van der Waals surface area contributed by atoms with Crippen LogP contribution in [0.1, 0.15) is 23.4 Å². The summed E-state index contributed by atoms with van der Waals surface area (Å²) >= 11 is 0. The summed E-state index contributed by atoms with van der Waals surface area (Å²) in [6, 6.07) is 6.80. The number of ether oxygens (including phenoxy) is 1. The van der Waals surface area contributed by atoms with Crippen LogP contribution in [0.5, 0.6) is 0 Å². The molecule has 0 saturated heterocycles. The van der Waals surface area contributed by atoms with E-state index >= 15 is 0 Å². The van der Waals surface area contributed by atoms with E-state index in [9.17, 15) is 9.59 Å². The highest BCUT2D eigenvalue weighted by molar-refractivity contribution is 5.94. The Balaban J connectivity index is 1.84. The summed E-state index contributed by atoms with van der Waals surface area (Å²) in [5, 5.41) is 12.7. The van der Waals surface area contributed by atoms with E-state index in [1.807, 2.05) is 13.8 Å². The molecule has 1 heterocycles. The first-order valence-electron chi connectivity index (χ1n) is 8.82. The van der Waals surface area contributed by atoms with E-state index in [0.29, 0.717) is 17.9 Å². The van der Waals surface area contributed by atoms with Crippen molar-refractivity contribution in [2.45, 2.75) is 26.7 Å². The molecular formula is C19H27N5O3. The van der Waals surface area contributed by atoms with Gasteiger partial charge in [0.2, 0.25) is 5.91 Å². The Morgan fingerprint density at radius 2 is 1.93 bits per heavy atom. The summed E-state index contributed by atoms with van der Waals surface area (Å²) in [5.41, 5.74) is 4.51. The topological polar surface area (TPSA) is 99.3 Å². The third-order valence-corrected chi connectivity index (χ3v) is 4.22. The van der Waals surface area contributed by atoms with E-state index < -0.39 is 0 Å². The molecule has 2 rings (SSSR count). The first-order valence-corrected chi connectivity index (χ1v) is 8.82. The highest BCUT2D eigenvalue weighted by atomic mass is 16.5. The third kappa shape index (κ3) is 6.10. The molecule has 0 unspecified atom stereocenters. The van der Waals surface area contributed by atoms with Crippen LogP contribution < -0.4 is 10.6 Å². The fourth-order valence-corrected chi connectivity index (χ4v) is 2.76. The molecular weight excluding hydrogens is 346 g/mol. The zero-order chi connectivity index (χ0) is 19.8. The number of rotatable bonds is 8. The van der Waals surface area contributed by atoms with Crippen molar-refractivity contribution in [3.05, 3.63) is 41.2 Å². The van der Waals surface area contributed by atoms with Crippen molar-refractivity contribution in [2.24, 2.45) is 0 Å². The van der Waals surface area contributed by atoms with E-state index in [-0.39, 0.29) is 18.5 Å². The summed E-state index contributed by atoms with van der Waals surface area (Å²) in [6.45, 7) is 4.59. The number of carbonyl (C=O) groups excluding carboxylic acids is 2. The Kier molecular flexibility index (Phi) is 7.36. The van der Waals surface area contributed by atoms with Crippen LogP contribution in [-0.2, 0) is 16.0 Å². The van der Waals surface area contributed by atoms with E-state index in [2.05, 4.69) is 20.8 Å². The second kappa shape index (κ2) is 9.72. The van der Waals surface area contributed by atoms with Crippen LogP contribution in [0.3, 0.4) is 0 Å². The van der Waals surface area contributed by atoms with Crippen LogP contribution in [0.15, 0.2) is 24.3 Å². The average Bonchev–Trinajstić information content (AvgIpc) is 2.94. The largest absolute Gasteiger partial charge is 0.375 e. The molecule has 3 amide bonds. The number of nitrogens with zero attached hydrogens (tertiary/aromatic N) is 2. The summed E-state index contributed by atoms with van der Waals surface area (Å²) in [7, 11) is 3.22. The number of aryl methyl sites for hydroxylation is 2. The Morgan fingerprint density at radius 3 is 2.56 bits per heavy atom. The number of aromatic nitrogens is 2. The van der Waals surface area contributed by atoms with Crippen LogP contribution in [0.2, 0.25) is 0 Å². The second-order valence-electron chi connectivity index (χ2n) is 6.43. The molecule has 0 saturated carbocycles. The number of amides is 3. The van der Waals surface area contributed by atoms with Crippen molar-refractivity contribution in [1.82, 2.24) is 15.1 Å². The molecule has 2 aromatic rings. The maximum Gasteiger partial charge on any atom is 0.321 e. The zero-order valence-corrected chi connectivity index (χ0v) is 16.3. The molecule has 1 aromatic heterocycles. The van der Waals surface area contributed by atoms with Gasteiger partial charge in [-0.25, -0.2) is 4.79 Å². The average molecular weight is 373 g/mol. The molecule has 0 bridgehead atoms. The second-order valence-corrected chi connectivity index (χ2v) is 6.43. The van der Waals surface area contributed by atoms with E-state index in [4.69, 9.17) is 4.74 Å². The maximum atomic E-state index is 12.4. The van der Waals surface area contributed by atoms with Gasteiger partial charge in [-0.2, -0.15) is 5.10 Å². The summed E-state index contributed by atoms with van der Waals surface area (Å²) < 4.78 is 4.79. The van der Waals surface area contributed by atoms with Crippen molar-refractivity contribution >= 4 is 23.3 Å². The van der Waals surface area contributed by atoms with Crippen molar-refractivity contribution in [1.29, 1.82) is 0 Å². The summed E-state index contributed by atoms with van der Waals surface area (Å²) in [4.78, 5) is 25.6. The van der Waals surface area contributed by atoms with E-state index in [0.717, 1.165) is 24.2 Å². The molecule has 3 N–H and O–H groups in total. The Bertz CT molecular complexity index is 768. The van der Waals surface area contributed by atoms with Gasteiger partial charge in [0.05, 0.1) is 5.69 Å². The van der Waals surface area contributed by atoms with Crippen LogP contribution in [0, 0.1) is 13.8 Å². The maximum absolute atomic E-state index is 12.4. The third-order valence-electron chi connectivity index (χ3n) is 4.22. The lowest BCUT2D eigenvalue weighted by atomic mass is 10.1. The number of hydrogen-bond acceptors (Lipinski definition) is 4. The lowest BCUT2D eigenvalue weighted by molar-refractivity contribution is -0.119. The number of urea groups is 1. The fourth-order valence-electron chi connectivity index (χ4n) is 2.76. The number of carbonyl (C=O) groups is 2. The highest BCUT2D eigenvalue weighted by Crippen LogP contribution is 2.16. The number of nitrogens with one attached hydrogen (secondary N) is 3. The first-order chi connectivity index (χ1) is 12.9. The van der Waals surface area contributed by atoms with Gasteiger partial charge in [0, 0.05) is 37.8 Å². The standard InChI is InChI=1S/C19H27N5O3/c1-13-17(14(2)23-22-13)9-6-10-24(3)19(26)21-16-8-5-7-15(11-16)20-18(25)12-27-4/h5,7-8,11H,6,9-10,12H2,1-4H3,(H,20,25)(H,21,26)(H,22,23). The van der Waals surface area contributed by atoms with Gasteiger partial charge in [0.25, 0.3) is 0 Å². The molecule has 0 aliphatic heterocycles. The SMILES string of the molecule is COCC(=O)Nc1cccc(NC(=O)N(C)CCCc2c(C)n[nH]c2C)c1. The monoisotopic (exact) mass is 373 g/mol. The van der Waals surface area contributed by atoms with Crippen molar-refractivity contribution in [2.75, 3.05) is 37.9 Å². The first kappa shape index (κ1) is 20.4. The minimum Gasteiger partial charge on any atom is -0.375 e. The van der Waals surface area contributed by atoms with Crippen molar-refractivity contribution < 1.29 is 14.3 Å². The number of methoxy groups -OCH3 is 1. The van der Waals surface area contributed by atoms with Crippen LogP contribution in [-0.4, -0.2) is 54.3 Å². The number of benzene rings is 1. The van der Waals surface area contributed by atoms with Gasteiger partial charge in [-0.3, -0.25) is 9.89 Å². The number of anilines is 2. The Hall–Kier alpha value is -2.87. The van der Waals surface area contributed by atoms with Crippen molar-refractivity contribution in [3.8, 4) is 0 Å². The lowest BCUT2D eigenvalue weighted by Crippen LogP contribution is -2.32. The molecule has 0 radical (unpaired) electrons. The number of H-pyrrole nitrogens is 1. The fraction of sp³-hybridized carbons (Fsp3) is 0.421. The molecule has 27 heavy (non-hydrogen) atoms. The minimum atomic E-state index is -0.247. The summed E-state index contributed by atoms with van der Waals surface area (Å²) in [6.07, 6.45) is 1.71. The summed E-state index contributed by atoms with van der Waals surface area (Å²) in [5.74, 6) is -0.247. The molecule has 0 aliphatic rings. The number of aromatic amines is 1. The van der Waals surface area contributed by atoms with Gasteiger partial charge in [-0.15, -0.1) is 0 Å². The molecule has 0 atom stereocenters. The van der Waals surface area contributed by atoms with Crippen molar-refractivity contribution in [3.63, 3.8) is 0 Å². The molecule has 0 spiro atoms. The highest BCUT2D eigenvalue weighted by Gasteiger charge is 2.11. The van der Waals surface area contributed by atoms with Gasteiger partial charge in [-0.05, 0) is 50.5 Å². The predicted octanol–water partition coefficient (Wildman–Crippen LogP) is 2.71. The number of hydrogen-bond donors (Lipinski definition) is 3. The van der Waals surface area contributed by atoms with Gasteiger partial charge in [0.1, 0.15) is 6.61 Å².